The molecule has 0 atom stereocenters. The van der Waals surface area contributed by atoms with Gasteiger partial charge in [0.15, 0.2) is 0 Å². The third-order valence-corrected chi connectivity index (χ3v) is 2.21. The van der Waals surface area contributed by atoms with Gasteiger partial charge in [0.25, 0.3) is 0 Å². The van der Waals surface area contributed by atoms with Crippen LogP contribution < -0.4 is 10.6 Å². The maximum absolute atomic E-state index is 11.7. The maximum Gasteiger partial charge on any atom is 0.324 e. The molecule has 0 aromatic carbocycles. The Balaban J connectivity index is 2.00. The number of aromatic nitrogens is 4. The van der Waals surface area contributed by atoms with Gasteiger partial charge in [-0.1, -0.05) is 0 Å². The van der Waals surface area contributed by atoms with Crippen molar-refractivity contribution in [3.63, 3.8) is 0 Å². The first-order valence-electron chi connectivity index (χ1n) is 5.12. The number of carbonyl (C=O) groups is 1. The lowest BCUT2D eigenvalue weighted by Crippen LogP contribution is -2.20. The van der Waals surface area contributed by atoms with Gasteiger partial charge in [-0.2, -0.15) is 10.2 Å². The standard InChI is InChI=1S/C10H14N6O/c1-7-4-9(16(3)14-7)13-10(17)12-8-5-11-15(2)6-8/h4-6H,1-3H3,(H2,12,13,17). The molecule has 0 radical (unpaired) electrons. The number of nitrogens with zero attached hydrogens (tertiary/aromatic N) is 4. The van der Waals surface area contributed by atoms with Crippen molar-refractivity contribution in [2.75, 3.05) is 10.6 Å². The first-order chi connectivity index (χ1) is 8.04. The summed E-state index contributed by atoms with van der Waals surface area (Å²) in [7, 11) is 3.56. The number of hydrogen-bond acceptors (Lipinski definition) is 3. The minimum absolute atomic E-state index is 0.319. The molecule has 7 heteroatoms. The highest BCUT2D eigenvalue weighted by Crippen LogP contribution is 2.09. The Hall–Kier alpha value is -2.31. The summed E-state index contributed by atoms with van der Waals surface area (Å²) in [5, 5.41) is 13.5. The minimum Gasteiger partial charge on any atom is -0.305 e. The van der Waals surface area contributed by atoms with E-state index in [1.54, 1.807) is 41.9 Å². The van der Waals surface area contributed by atoms with Gasteiger partial charge in [-0.3, -0.25) is 14.7 Å². The molecule has 0 unspecified atom stereocenters. The van der Waals surface area contributed by atoms with Crippen molar-refractivity contribution in [1.82, 2.24) is 19.6 Å². The van der Waals surface area contributed by atoms with E-state index in [0.717, 1.165) is 5.69 Å². The highest BCUT2D eigenvalue weighted by Gasteiger charge is 2.07. The summed E-state index contributed by atoms with van der Waals surface area (Å²) in [6, 6.07) is 1.48. The molecule has 2 rings (SSSR count). The Morgan fingerprint density at radius 1 is 1.35 bits per heavy atom. The van der Waals surface area contributed by atoms with E-state index in [-0.39, 0.29) is 6.03 Å². The molecule has 2 aromatic rings. The number of amides is 2. The van der Waals surface area contributed by atoms with Crippen molar-refractivity contribution in [1.29, 1.82) is 0 Å². The molecular weight excluding hydrogens is 220 g/mol. The molecule has 0 spiro atoms. The van der Waals surface area contributed by atoms with Gasteiger partial charge in [0.1, 0.15) is 5.82 Å². The van der Waals surface area contributed by atoms with Gasteiger partial charge < -0.3 is 5.32 Å². The van der Waals surface area contributed by atoms with Gasteiger partial charge in [0.05, 0.1) is 17.6 Å². The summed E-state index contributed by atoms with van der Waals surface area (Å²) in [5.74, 6) is 0.642. The molecule has 2 N–H and O–H groups in total. The molecule has 0 saturated carbocycles. The lowest BCUT2D eigenvalue weighted by atomic mass is 10.5. The molecule has 2 aromatic heterocycles. The topological polar surface area (TPSA) is 76.8 Å². The van der Waals surface area contributed by atoms with Crippen LogP contribution in [0.2, 0.25) is 0 Å². The number of aryl methyl sites for hydroxylation is 3. The lowest BCUT2D eigenvalue weighted by Gasteiger charge is -2.05. The average Bonchev–Trinajstić information content (AvgIpc) is 2.74. The molecule has 0 bridgehead atoms. The van der Waals surface area contributed by atoms with Crippen LogP contribution in [0.5, 0.6) is 0 Å². The van der Waals surface area contributed by atoms with E-state index in [0.29, 0.717) is 11.5 Å². The number of rotatable bonds is 2. The number of hydrogen-bond donors (Lipinski definition) is 2. The number of carbonyl (C=O) groups excluding carboxylic acids is 1. The molecule has 7 nitrogen and oxygen atoms in total. The summed E-state index contributed by atoms with van der Waals surface area (Å²) in [6.07, 6.45) is 3.29. The second kappa shape index (κ2) is 4.28. The molecule has 0 saturated heterocycles. The normalized spacial score (nSPS) is 10.3. The lowest BCUT2D eigenvalue weighted by molar-refractivity contribution is 0.262. The summed E-state index contributed by atoms with van der Waals surface area (Å²) < 4.78 is 3.22. The van der Waals surface area contributed by atoms with Gasteiger partial charge in [-0.15, -0.1) is 0 Å². The molecule has 0 aliphatic carbocycles. The van der Waals surface area contributed by atoms with Crippen molar-refractivity contribution in [2.45, 2.75) is 6.92 Å². The molecule has 2 amide bonds. The Morgan fingerprint density at radius 3 is 2.65 bits per heavy atom. The van der Waals surface area contributed by atoms with Gasteiger partial charge in [-0.25, -0.2) is 4.79 Å². The zero-order chi connectivity index (χ0) is 12.4. The van der Waals surface area contributed by atoms with Crippen molar-refractivity contribution in [3.8, 4) is 0 Å². The molecule has 0 fully saturated rings. The second-order valence-corrected chi connectivity index (χ2v) is 3.78. The molecule has 90 valence electrons. The molecule has 2 heterocycles. The first kappa shape index (κ1) is 11.2. The zero-order valence-electron chi connectivity index (χ0n) is 9.93. The number of anilines is 2. The Kier molecular flexibility index (Phi) is 2.82. The summed E-state index contributed by atoms with van der Waals surface area (Å²) in [5.41, 5.74) is 1.49. The van der Waals surface area contributed by atoms with Gasteiger partial charge in [-0.05, 0) is 6.92 Å². The smallest absolute Gasteiger partial charge is 0.305 e. The van der Waals surface area contributed by atoms with Crippen molar-refractivity contribution < 1.29 is 4.79 Å². The van der Waals surface area contributed by atoms with E-state index in [1.807, 2.05) is 6.92 Å². The Labute approximate surface area is 98.4 Å². The Morgan fingerprint density at radius 2 is 2.12 bits per heavy atom. The van der Waals surface area contributed by atoms with Gasteiger partial charge >= 0.3 is 6.03 Å². The molecule has 0 aliphatic rings. The van der Waals surface area contributed by atoms with E-state index in [1.165, 1.54) is 0 Å². The Bertz CT molecular complexity index is 541. The number of nitrogens with one attached hydrogen (secondary N) is 2. The molecule has 17 heavy (non-hydrogen) atoms. The average molecular weight is 234 g/mol. The van der Waals surface area contributed by atoms with Crippen LogP contribution in [-0.4, -0.2) is 25.6 Å². The third-order valence-electron chi connectivity index (χ3n) is 2.21. The van der Waals surface area contributed by atoms with Gasteiger partial charge in [0, 0.05) is 26.4 Å². The highest BCUT2D eigenvalue weighted by molar-refractivity contribution is 5.99. The zero-order valence-corrected chi connectivity index (χ0v) is 9.93. The monoisotopic (exact) mass is 234 g/mol. The van der Waals surface area contributed by atoms with Crippen molar-refractivity contribution in [2.24, 2.45) is 14.1 Å². The summed E-state index contributed by atoms with van der Waals surface area (Å²) in [4.78, 5) is 11.7. The quantitative estimate of drug-likeness (QED) is 0.817. The summed E-state index contributed by atoms with van der Waals surface area (Å²) in [6.45, 7) is 1.87. The van der Waals surface area contributed by atoms with E-state index in [2.05, 4.69) is 20.8 Å². The van der Waals surface area contributed by atoms with Crippen molar-refractivity contribution >= 4 is 17.5 Å². The maximum atomic E-state index is 11.7. The summed E-state index contributed by atoms with van der Waals surface area (Å²) >= 11 is 0. The molecule has 0 aliphatic heterocycles. The first-order valence-corrected chi connectivity index (χ1v) is 5.12. The van der Waals surface area contributed by atoms with Crippen molar-refractivity contribution in [3.05, 3.63) is 24.2 Å². The predicted octanol–water partition coefficient (Wildman–Crippen LogP) is 1.11. The van der Waals surface area contributed by atoms with E-state index in [9.17, 15) is 4.79 Å². The number of urea groups is 1. The predicted molar refractivity (Wildman–Crippen MR) is 63.8 cm³/mol. The SMILES string of the molecule is Cc1cc(NC(=O)Nc2cnn(C)c2)n(C)n1. The van der Waals surface area contributed by atoms with E-state index >= 15 is 0 Å². The van der Waals surface area contributed by atoms with Crippen LogP contribution in [0.15, 0.2) is 18.5 Å². The fourth-order valence-electron chi connectivity index (χ4n) is 1.49. The second-order valence-electron chi connectivity index (χ2n) is 3.78. The van der Waals surface area contributed by atoms with Crippen LogP contribution in [0.25, 0.3) is 0 Å². The van der Waals surface area contributed by atoms with Crippen LogP contribution in [-0.2, 0) is 14.1 Å². The fourth-order valence-corrected chi connectivity index (χ4v) is 1.49. The van der Waals surface area contributed by atoms with Crippen LogP contribution in [0.1, 0.15) is 5.69 Å². The van der Waals surface area contributed by atoms with Gasteiger partial charge in [0.2, 0.25) is 0 Å². The van der Waals surface area contributed by atoms with Crippen LogP contribution in [0.3, 0.4) is 0 Å². The largest absolute Gasteiger partial charge is 0.324 e. The fraction of sp³-hybridized carbons (Fsp3) is 0.300. The van der Waals surface area contributed by atoms with Crippen LogP contribution in [0.4, 0.5) is 16.3 Å². The molecular formula is C10H14N6O. The highest BCUT2D eigenvalue weighted by atomic mass is 16.2. The van der Waals surface area contributed by atoms with E-state index < -0.39 is 0 Å². The minimum atomic E-state index is -0.319. The van der Waals surface area contributed by atoms with E-state index in [4.69, 9.17) is 0 Å². The third kappa shape index (κ3) is 2.63. The van der Waals surface area contributed by atoms with Crippen LogP contribution in [0, 0.1) is 6.92 Å². The van der Waals surface area contributed by atoms with Crippen LogP contribution >= 0.6 is 0 Å².